The van der Waals surface area contributed by atoms with Crippen LogP contribution in [-0.4, -0.2) is 46.4 Å². The Balaban J connectivity index is 1.12. The maximum atomic E-state index is 13.7. The third-order valence-electron chi connectivity index (χ3n) is 9.63. The maximum Gasteiger partial charge on any atom is 0.278 e. The molecule has 0 fully saturated rings. The number of nitrogens with zero attached hydrogens (tertiary/aromatic N) is 4. The molecule has 52 heavy (non-hydrogen) atoms. The number of rotatable bonds is 11. The Kier molecular flexibility index (Phi) is 10.8. The van der Waals surface area contributed by atoms with E-state index in [4.69, 9.17) is 9.98 Å². The lowest BCUT2D eigenvalue weighted by Crippen LogP contribution is -2.34. The first-order valence-electron chi connectivity index (χ1n) is 18.4. The SMILES string of the molecule is CC(C)(C)c1ccc(C2=N/C(=C\c3ccccc3)C(=O)N2CCCCCCN2C(=O)/C(=C\c3ccccc3)N=C2c2ccc(C(C)(C)C)cc2)cc1. The van der Waals surface area contributed by atoms with Gasteiger partial charge in [-0.05, 0) is 58.1 Å². The first-order valence-corrected chi connectivity index (χ1v) is 18.4. The number of hydrogen-bond donors (Lipinski definition) is 0. The zero-order valence-corrected chi connectivity index (χ0v) is 31.4. The van der Waals surface area contributed by atoms with Gasteiger partial charge in [0.25, 0.3) is 11.8 Å². The van der Waals surface area contributed by atoms with Gasteiger partial charge in [0.15, 0.2) is 0 Å². The highest BCUT2D eigenvalue weighted by atomic mass is 16.2. The summed E-state index contributed by atoms with van der Waals surface area (Å²) in [4.78, 5) is 40.9. The average molecular weight is 691 g/mol. The van der Waals surface area contributed by atoms with E-state index in [0.717, 1.165) is 47.9 Å². The molecule has 0 aromatic heterocycles. The molecule has 0 saturated carbocycles. The van der Waals surface area contributed by atoms with Crippen LogP contribution in [0, 0.1) is 0 Å². The molecule has 0 saturated heterocycles. The number of unbranched alkanes of at least 4 members (excludes halogenated alkanes) is 3. The van der Waals surface area contributed by atoms with Crippen LogP contribution in [0.15, 0.2) is 131 Å². The van der Waals surface area contributed by atoms with E-state index in [-0.39, 0.29) is 22.6 Å². The molecule has 4 aromatic rings. The molecule has 266 valence electrons. The van der Waals surface area contributed by atoms with E-state index >= 15 is 0 Å². The number of benzene rings is 4. The van der Waals surface area contributed by atoms with Crippen molar-refractivity contribution >= 4 is 35.6 Å². The molecule has 2 amide bonds. The predicted octanol–water partition coefficient (Wildman–Crippen LogP) is 9.80. The molecule has 2 aliphatic rings. The number of carbonyl (C=O) groups is 2. The number of hydrogen-bond acceptors (Lipinski definition) is 4. The van der Waals surface area contributed by atoms with Gasteiger partial charge in [-0.25, -0.2) is 9.98 Å². The van der Waals surface area contributed by atoms with Crippen molar-refractivity contribution in [3.8, 4) is 0 Å². The zero-order chi connectivity index (χ0) is 36.9. The second-order valence-electron chi connectivity index (χ2n) is 15.7. The molecule has 2 heterocycles. The summed E-state index contributed by atoms with van der Waals surface area (Å²) >= 11 is 0. The largest absolute Gasteiger partial charge is 0.291 e. The topological polar surface area (TPSA) is 65.3 Å². The van der Waals surface area contributed by atoms with Gasteiger partial charge in [0, 0.05) is 24.2 Å². The molecule has 0 N–H and O–H groups in total. The lowest BCUT2D eigenvalue weighted by molar-refractivity contribution is -0.123. The monoisotopic (exact) mass is 690 g/mol. The Bertz CT molecular complexity index is 1860. The van der Waals surface area contributed by atoms with E-state index in [1.807, 2.05) is 82.6 Å². The minimum atomic E-state index is -0.0718. The summed E-state index contributed by atoms with van der Waals surface area (Å²) in [5.41, 5.74) is 7.23. The van der Waals surface area contributed by atoms with Gasteiger partial charge in [-0.3, -0.25) is 19.4 Å². The normalized spacial score (nSPS) is 16.7. The Hall–Kier alpha value is -5.36. The van der Waals surface area contributed by atoms with Gasteiger partial charge in [-0.15, -0.1) is 0 Å². The van der Waals surface area contributed by atoms with Gasteiger partial charge in [-0.1, -0.05) is 164 Å². The molecule has 0 bridgehead atoms. The Labute approximate surface area is 309 Å². The van der Waals surface area contributed by atoms with Crippen LogP contribution in [0.1, 0.15) is 101 Å². The molecule has 6 nitrogen and oxygen atoms in total. The van der Waals surface area contributed by atoms with E-state index in [0.29, 0.717) is 36.2 Å². The van der Waals surface area contributed by atoms with Gasteiger partial charge in [-0.2, -0.15) is 0 Å². The van der Waals surface area contributed by atoms with E-state index in [1.54, 1.807) is 0 Å². The Morgan fingerprint density at radius 3 is 1.15 bits per heavy atom. The molecule has 0 spiro atoms. The van der Waals surface area contributed by atoms with Crippen molar-refractivity contribution in [3.63, 3.8) is 0 Å². The minimum Gasteiger partial charge on any atom is -0.291 e. The van der Waals surface area contributed by atoms with Crippen molar-refractivity contribution in [1.82, 2.24) is 9.80 Å². The lowest BCUT2D eigenvalue weighted by Gasteiger charge is -2.22. The maximum absolute atomic E-state index is 13.7. The predicted molar refractivity (Wildman–Crippen MR) is 214 cm³/mol. The summed E-state index contributed by atoms with van der Waals surface area (Å²) in [6.07, 6.45) is 7.22. The minimum absolute atomic E-state index is 0.0346. The van der Waals surface area contributed by atoms with Crippen molar-refractivity contribution in [2.24, 2.45) is 9.98 Å². The number of amides is 2. The highest BCUT2D eigenvalue weighted by Gasteiger charge is 2.32. The summed E-state index contributed by atoms with van der Waals surface area (Å²) in [6.45, 7) is 14.3. The third kappa shape index (κ3) is 8.56. The highest BCUT2D eigenvalue weighted by molar-refractivity contribution is 6.20. The third-order valence-corrected chi connectivity index (χ3v) is 9.63. The molecule has 6 rings (SSSR count). The summed E-state index contributed by atoms with van der Waals surface area (Å²) in [6, 6.07) is 36.6. The summed E-state index contributed by atoms with van der Waals surface area (Å²) in [5.74, 6) is 1.26. The molecular weight excluding hydrogens is 641 g/mol. The van der Waals surface area contributed by atoms with Crippen molar-refractivity contribution in [3.05, 3.63) is 154 Å². The second kappa shape index (κ2) is 15.5. The van der Waals surface area contributed by atoms with Crippen LogP contribution in [0.3, 0.4) is 0 Å². The summed E-state index contributed by atoms with van der Waals surface area (Å²) < 4.78 is 0. The lowest BCUT2D eigenvalue weighted by atomic mass is 9.86. The van der Waals surface area contributed by atoms with E-state index in [9.17, 15) is 9.59 Å². The van der Waals surface area contributed by atoms with Crippen LogP contribution in [0.4, 0.5) is 0 Å². The van der Waals surface area contributed by atoms with Crippen molar-refractivity contribution in [2.45, 2.75) is 78.1 Å². The quantitative estimate of drug-likeness (QED) is 0.116. The smallest absolute Gasteiger partial charge is 0.278 e. The van der Waals surface area contributed by atoms with Crippen LogP contribution >= 0.6 is 0 Å². The first kappa shape index (κ1) is 36.4. The van der Waals surface area contributed by atoms with Crippen molar-refractivity contribution in [1.29, 1.82) is 0 Å². The van der Waals surface area contributed by atoms with Crippen LogP contribution in [0.25, 0.3) is 12.2 Å². The van der Waals surface area contributed by atoms with E-state index < -0.39 is 0 Å². The van der Waals surface area contributed by atoms with Crippen LogP contribution in [-0.2, 0) is 20.4 Å². The van der Waals surface area contributed by atoms with Crippen LogP contribution in [0.2, 0.25) is 0 Å². The van der Waals surface area contributed by atoms with Crippen LogP contribution < -0.4 is 0 Å². The highest BCUT2D eigenvalue weighted by Crippen LogP contribution is 2.28. The van der Waals surface area contributed by atoms with Crippen LogP contribution in [0.5, 0.6) is 0 Å². The Morgan fingerprint density at radius 1 is 0.481 bits per heavy atom. The van der Waals surface area contributed by atoms with Gasteiger partial charge in [0.05, 0.1) is 0 Å². The number of carbonyl (C=O) groups excluding carboxylic acids is 2. The standard InChI is InChI=1S/C46H50N4O2/c1-45(2,3)37-25-21-35(22-26-37)41-47-39(31-33-17-11-9-12-18-33)43(51)49(41)29-15-7-8-16-30-50-42(36-23-27-38(28-24-36)46(4,5)6)48-40(44(50)52)32-34-19-13-10-14-20-34/h9-14,17-28,31-32H,7-8,15-16,29-30H2,1-6H3/b39-31-,40-32+. The number of aliphatic imine (C=N–C) groups is 2. The molecule has 2 aliphatic heterocycles. The first-order chi connectivity index (χ1) is 24.9. The van der Waals surface area contributed by atoms with Gasteiger partial charge in [0.1, 0.15) is 23.1 Å². The van der Waals surface area contributed by atoms with Gasteiger partial charge >= 0.3 is 0 Å². The summed E-state index contributed by atoms with van der Waals surface area (Å²) in [5, 5.41) is 0. The fraction of sp³-hybridized carbons (Fsp3) is 0.304. The summed E-state index contributed by atoms with van der Waals surface area (Å²) in [7, 11) is 0. The van der Waals surface area contributed by atoms with Gasteiger partial charge < -0.3 is 0 Å². The molecule has 0 unspecified atom stereocenters. The fourth-order valence-corrected chi connectivity index (χ4v) is 6.50. The second-order valence-corrected chi connectivity index (χ2v) is 15.7. The van der Waals surface area contributed by atoms with Crippen molar-refractivity contribution < 1.29 is 9.59 Å². The van der Waals surface area contributed by atoms with Gasteiger partial charge in [0.2, 0.25) is 0 Å². The molecule has 0 radical (unpaired) electrons. The Morgan fingerprint density at radius 2 is 0.827 bits per heavy atom. The zero-order valence-electron chi connectivity index (χ0n) is 31.4. The molecule has 4 aromatic carbocycles. The molecular formula is C46H50N4O2. The molecule has 6 heteroatoms. The van der Waals surface area contributed by atoms with Crippen molar-refractivity contribution in [2.75, 3.05) is 13.1 Å². The molecule has 0 atom stereocenters. The van der Waals surface area contributed by atoms with E-state index in [2.05, 4.69) is 90.1 Å². The molecule has 0 aliphatic carbocycles. The average Bonchev–Trinajstić information content (AvgIpc) is 3.60. The fourth-order valence-electron chi connectivity index (χ4n) is 6.50. The number of amidine groups is 2. The van der Waals surface area contributed by atoms with E-state index in [1.165, 1.54) is 11.1 Å².